The monoisotopic (exact) mass is 273 g/mol. The number of pyridine rings is 1. The fraction of sp³-hybridized carbons (Fsp3) is 0.357. The number of aromatic nitrogens is 3. The highest BCUT2D eigenvalue weighted by Gasteiger charge is 2.12. The van der Waals surface area contributed by atoms with Crippen LogP contribution in [-0.4, -0.2) is 15.0 Å². The third kappa shape index (κ3) is 2.14. The summed E-state index contributed by atoms with van der Waals surface area (Å²) in [6, 6.07) is 4.07. The van der Waals surface area contributed by atoms with Crippen LogP contribution in [0.5, 0.6) is 0 Å². The van der Waals surface area contributed by atoms with Gasteiger partial charge in [-0.2, -0.15) is 0 Å². The summed E-state index contributed by atoms with van der Waals surface area (Å²) in [5.74, 6) is 1.21. The molecule has 3 rings (SSSR count). The lowest BCUT2D eigenvalue weighted by atomic mass is 10.1. The van der Waals surface area contributed by atoms with E-state index in [2.05, 4.69) is 28.8 Å². The minimum atomic E-state index is -0.0732. The molecule has 1 N–H and O–H groups in total. The van der Waals surface area contributed by atoms with Crippen molar-refractivity contribution in [2.24, 2.45) is 5.92 Å². The quantitative estimate of drug-likeness (QED) is 0.780. The van der Waals surface area contributed by atoms with E-state index in [1.54, 1.807) is 6.92 Å². The van der Waals surface area contributed by atoms with Crippen molar-refractivity contribution in [2.45, 2.75) is 27.2 Å². The Bertz CT molecular complexity index is 817. The second-order valence-corrected chi connectivity index (χ2v) is 6.18. The van der Waals surface area contributed by atoms with Crippen molar-refractivity contribution in [3.05, 3.63) is 34.0 Å². The molecule has 0 aromatic carbocycles. The number of nitrogens with one attached hydrogen (secondary N) is 1. The van der Waals surface area contributed by atoms with Crippen LogP contribution < -0.4 is 5.56 Å². The van der Waals surface area contributed by atoms with Gasteiger partial charge in [-0.15, -0.1) is 11.3 Å². The summed E-state index contributed by atoms with van der Waals surface area (Å²) in [6.07, 6.45) is 0.951. The average molecular weight is 273 g/mol. The van der Waals surface area contributed by atoms with Crippen LogP contribution in [0.4, 0.5) is 0 Å². The molecule has 3 aromatic rings. The minimum Gasteiger partial charge on any atom is -0.310 e. The standard InChI is InChI=1S/C14H15N3OS/c1-7(2)6-9-4-5-10-11-12(19-14(10)17-9)13(18)16-8(3)15-11/h4-5,7H,6H2,1-3H3,(H,15,16,18). The van der Waals surface area contributed by atoms with Gasteiger partial charge in [-0.25, -0.2) is 9.97 Å². The molecule has 0 unspecified atom stereocenters. The molecule has 19 heavy (non-hydrogen) atoms. The number of rotatable bonds is 2. The maximum atomic E-state index is 11.9. The first-order valence-electron chi connectivity index (χ1n) is 6.33. The zero-order valence-corrected chi connectivity index (χ0v) is 12.0. The van der Waals surface area contributed by atoms with Gasteiger partial charge >= 0.3 is 0 Å². The molecule has 98 valence electrons. The van der Waals surface area contributed by atoms with Crippen LogP contribution >= 0.6 is 11.3 Å². The Kier molecular flexibility index (Phi) is 2.86. The third-order valence-corrected chi connectivity index (χ3v) is 4.07. The molecule has 0 radical (unpaired) electrons. The van der Waals surface area contributed by atoms with Crippen LogP contribution in [0.15, 0.2) is 16.9 Å². The van der Waals surface area contributed by atoms with Gasteiger partial charge in [0.2, 0.25) is 0 Å². The highest BCUT2D eigenvalue weighted by molar-refractivity contribution is 7.25. The summed E-state index contributed by atoms with van der Waals surface area (Å²) in [5.41, 5.74) is 1.77. The molecule has 3 aromatic heterocycles. The van der Waals surface area contributed by atoms with Gasteiger partial charge in [0.15, 0.2) is 0 Å². The summed E-state index contributed by atoms with van der Waals surface area (Å²) in [7, 11) is 0. The summed E-state index contributed by atoms with van der Waals surface area (Å²) >= 11 is 1.42. The van der Waals surface area contributed by atoms with E-state index in [0.717, 1.165) is 27.8 Å². The van der Waals surface area contributed by atoms with Crippen molar-refractivity contribution in [3.63, 3.8) is 0 Å². The van der Waals surface area contributed by atoms with Gasteiger partial charge in [-0.3, -0.25) is 4.79 Å². The van der Waals surface area contributed by atoms with E-state index in [9.17, 15) is 4.79 Å². The van der Waals surface area contributed by atoms with Gasteiger partial charge in [-0.05, 0) is 31.4 Å². The lowest BCUT2D eigenvalue weighted by Crippen LogP contribution is -2.07. The normalized spacial score (nSPS) is 11.8. The summed E-state index contributed by atoms with van der Waals surface area (Å²) in [5, 5.41) is 0.974. The highest BCUT2D eigenvalue weighted by atomic mass is 32.1. The Balaban J connectivity index is 2.28. The third-order valence-electron chi connectivity index (χ3n) is 2.98. The van der Waals surface area contributed by atoms with E-state index in [-0.39, 0.29) is 5.56 Å². The van der Waals surface area contributed by atoms with Gasteiger partial charge in [0.1, 0.15) is 15.4 Å². The van der Waals surface area contributed by atoms with Crippen molar-refractivity contribution in [1.29, 1.82) is 0 Å². The maximum Gasteiger partial charge on any atom is 0.268 e. The summed E-state index contributed by atoms with van der Waals surface area (Å²) in [6.45, 7) is 6.14. The van der Waals surface area contributed by atoms with Crippen molar-refractivity contribution in [2.75, 3.05) is 0 Å². The number of hydrogen-bond acceptors (Lipinski definition) is 4. The number of nitrogens with zero attached hydrogens (tertiary/aromatic N) is 2. The zero-order chi connectivity index (χ0) is 13.6. The molecular weight excluding hydrogens is 258 g/mol. The highest BCUT2D eigenvalue weighted by Crippen LogP contribution is 2.29. The fourth-order valence-electron chi connectivity index (χ4n) is 2.22. The van der Waals surface area contributed by atoms with Gasteiger partial charge < -0.3 is 4.98 Å². The first-order valence-corrected chi connectivity index (χ1v) is 7.15. The Morgan fingerprint density at radius 3 is 2.84 bits per heavy atom. The first kappa shape index (κ1) is 12.3. The molecule has 4 nitrogen and oxygen atoms in total. The maximum absolute atomic E-state index is 11.9. The van der Waals surface area contributed by atoms with Gasteiger partial charge in [0.25, 0.3) is 5.56 Å². The molecule has 0 aliphatic rings. The Morgan fingerprint density at radius 2 is 2.11 bits per heavy atom. The van der Waals surface area contributed by atoms with Crippen LogP contribution in [0.1, 0.15) is 25.4 Å². The van der Waals surface area contributed by atoms with Gasteiger partial charge in [0, 0.05) is 11.1 Å². The largest absolute Gasteiger partial charge is 0.310 e. The fourth-order valence-corrected chi connectivity index (χ4v) is 3.24. The zero-order valence-electron chi connectivity index (χ0n) is 11.2. The lowest BCUT2D eigenvalue weighted by molar-refractivity contribution is 0.637. The van der Waals surface area contributed by atoms with E-state index in [0.29, 0.717) is 16.4 Å². The van der Waals surface area contributed by atoms with E-state index < -0.39 is 0 Å². The van der Waals surface area contributed by atoms with Crippen LogP contribution in [-0.2, 0) is 6.42 Å². The molecule has 0 fully saturated rings. The molecular formula is C14H15N3OS. The number of aromatic amines is 1. The molecule has 0 saturated carbocycles. The van der Waals surface area contributed by atoms with Crippen LogP contribution in [0.25, 0.3) is 20.4 Å². The molecule has 0 saturated heterocycles. The number of fused-ring (bicyclic) bond motifs is 3. The number of H-pyrrole nitrogens is 1. The lowest BCUT2D eigenvalue weighted by Gasteiger charge is -2.03. The van der Waals surface area contributed by atoms with Gasteiger partial charge in [-0.1, -0.05) is 13.8 Å². The first-order chi connectivity index (χ1) is 9.04. The molecule has 0 spiro atoms. The molecule has 0 aliphatic heterocycles. The molecule has 0 aliphatic carbocycles. The second kappa shape index (κ2) is 4.42. The number of aryl methyl sites for hydroxylation is 1. The van der Waals surface area contributed by atoms with Crippen LogP contribution in [0.2, 0.25) is 0 Å². The molecule has 0 amide bonds. The molecule has 5 heteroatoms. The SMILES string of the molecule is Cc1nc2c(sc3nc(CC(C)C)ccc32)c(=O)[nH]1. The Morgan fingerprint density at radius 1 is 1.32 bits per heavy atom. The molecule has 0 atom stereocenters. The minimum absolute atomic E-state index is 0.0732. The predicted octanol–water partition coefficient (Wildman–Crippen LogP) is 3.04. The van der Waals surface area contributed by atoms with Crippen LogP contribution in [0.3, 0.4) is 0 Å². The van der Waals surface area contributed by atoms with Crippen LogP contribution in [0, 0.1) is 12.8 Å². The topological polar surface area (TPSA) is 58.6 Å². The Hall–Kier alpha value is -1.75. The van der Waals surface area contributed by atoms with E-state index in [1.807, 2.05) is 12.1 Å². The van der Waals surface area contributed by atoms with E-state index in [1.165, 1.54) is 11.3 Å². The summed E-state index contributed by atoms with van der Waals surface area (Å²) < 4.78 is 0.662. The van der Waals surface area contributed by atoms with Crippen molar-refractivity contribution in [3.8, 4) is 0 Å². The average Bonchev–Trinajstić information content (AvgIpc) is 2.66. The van der Waals surface area contributed by atoms with E-state index in [4.69, 9.17) is 0 Å². The van der Waals surface area contributed by atoms with Gasteiger partial charge in [0.05, 0.1) is 5.52 Å². The second-order valence-electron chi connectivity index (χ2n) is 5.18. The Labute approximate surface area is 114 Å². The van der Waals surface area contributed by atoms with Crippen molar-refractivity contribution >= 4 is 31.8 Å². The number of hydrogen-bond donors (Lipinski definition) is 1. The van der Waals surface area contributed by atoms with E-state index >= 15 is 0 Å². The molecule has 3 heterocycles. The summed E-state index contributed by atoms with van der Waals surface area (Å²) in [4.78, 5) is 24.6. The smallest absolute Gasteiger partial charge is 0.268 e. The number of thiophene rings is 1. The predicted molar refractivity (Wildman–Crippen MR) is 78.8 cm³/mol. The van der Waals surface area contributed by atoms with Crippen molar-refractivity contribution < 1.29 is 0 Å². The molecule has 0 bridgehead atoms. The van der Waals surface area contributed by atoms with Crippen molar-refractivity contribution in [1.82, 2.24) is 15.0 Å².